The number of rotatable bonds is 5. The third-order valence-corrected chi connectivity index (χ3v) is 2.99. The zero-order chi connectivity index (χ0) is 9.68. The summed E-state index contributed by atoms with van der Waals surface area (Å²) in [5.41, 5.74) is 4.79. The molecular weight excluding hydrogens is 156 g/mol. The Labute approximate surface area is 82.7 Å². The van der Waals surface area contributed by atoms with Gasteiger partial charge in [0.15, 0.2) is 0 Å². The van der Waals surface area contributed by atoms with Gasteiger partial charge in [-0.3, -0.25) is 0 Å². The van der Waals surface area contributed by atoms with Gasteiger partial charge in [-0.2, -0.15) is 0 Å². The fourth-order valence-corrected chi connectivity index (χ4v) is 2.03. The van der Waals surface area contributed by atoms with Gasteiger partial charge in [0, 0.05) is 0 Å². The second kappa shape index (κ2) is 5.26. The highest BCUT2D eigenvalue weighted by atomic mass is 14.1. The van der Waals surface area contributed by atoms with E-state index in [2.05, 4.69) is 26.8 Å². The van der Waals surface area contributed by atoms with E-state index in [0.717, 1.165) is 0 Å². The SMILES string of the molecule is CCCCCCC1=C(C)CC=C1C. The van der Waals surface area contributed by atoms with Crippen molar-refractivity contribution in [2.75, 3.05) is 0 Å². The predicted molar refractivity (Wildman–Crippen MR) is 59.8 cm³/mol. The Bertz CT molecular complexity index is 218. The fraction of sp³-hybridized carbons (Fsp3) is 0.692. The van der Waals surface area contributed by atoms with Gasteiger partial charge in [-0.15, -0.1) is 0 Å². The molecule has 1 aliphatic carbocycles. The molecule has 0 atom stereocenters. The lowest BCUT2D eigenvalue weighted by molar-refractivity contribution is 0.665. The third-order valence-electron chi connectivity index (χ3n) is 2.99. The van der Waals surface area contributed by atoms with Crippen molar-refractivity contribution in [3.63, 3.8) is 0 Å². The number of hydrogen-bond donors (Lipinski definition) is 0. The van der Waals surface area contributed by atoms with Gasteiger partial charge in [0.1, 0.15) is 0 Å². The van der Waals surface area contributed by atoms with Gasteiger partial charge < -0.3 is 0 Å². The largest absolute Gasteiger partial charge is 0.0772 e. The van der Waals surface area contributed by atoms with E-state index in [1.54, 1.807) is 11.1 Å². The van der Waals surface area contributed by atoms with Crippen LogP contribution in [-0.4, -0.2) is 0 Å². The molecule has 74 valence electrons. The summed E-state index contributed by atoms with van der Waals surface area (Å²) >= 11 is 0. The molecule has 0 saturated heterocycles. The van der Waals surface area contributed by atoms with Crippen LogP contribution in [0, 0.1) is 0 Å². The van der Waals surface area contributed by atoms with E-state index in [0.29, 0.717) is 0 Å². The van der Waals surface area contributed by atoms with Crippen molar-refractivity contribution in [3.05, 3.63) is 22.8 Å². The number of allylic oxidation sites excluding steroid dienone is 4. The predicted octanol–water partition coefficient (Wildman–Crippen LogP) is 4.62. The lowest BCUT2D eigenvalue weighted by Gasteiger charge is -2.05. The van der Waals surface area contributed by atoms with Gasteiger partial charge in [0.05, 0.1) is 0 Å². The molecule has 0 saturated carbocycles. The molecular formula is C13H22. The Kier molecular flexibility index (Phi) is 4.27. The van der Waals surface area contributed by atoms with Gasteiger partial charge in [0.2, 0.25) is 0 Å². The first-order chi connectivity index (χ1) is 6.25. The monoisotopic (exact) mass is 178 g/mol. The highest BCUT2D eigenvalue weighted by molar-refractivity contribution is 5.40. The fourth-order valence-electron chi connectivity index (χ4n) is 2.03. The molecule has 0 aromatic heterocycles. The van der Waals surface area contributed by atoms with Crippen LogP contribution in [0.15, 0.2) is 22.8 Å². The maximum Gasteiger partial charge on any atom is -0.0130 e. The summed E-state index contributed by atoms with van der Waals surface area (Å²) in [6, 6.07) is 0. The second-order valence-corrected chi connectivity index (χ2v) is 4.16. The molecule has 0 heteroatoms. The zero-order valence-electron chi connectivity index (χ0n) is 9.32. The molecule has 13 heavy (non-hydrogen) atoms. The first-order valence-corrected chi connectivity index (χ1v) is 5.61. The summed E-state index contributed by atoms with van der Waals surface area (Å²) in [6.07, 6.45) is 10.4. The molecule has 0 bridgehead atoms. The summed E-state index contributed by atoms with van der Waals surface area (Å²) in [6.45, 7) is 6.80. The van der Waals surface area contributed by atoms with E-state index < -0.39 is 0 Å². The van der Waals surface area contributed by atoms with Crippen molar-refractivity contribution in [1.82, 2.24) is 0 Å². The topological polar surface area (TPSA) is 0 Å². The average Bonchev–Trinajstić information content (AvgIpc) is 2.42. The molecule has 0 radical (unpaired) electrons. The van der Waals surface area contributed by atoms with Gasteiger partial charge in [-0.1, -0.05) is 43.4 Å². The van der Waals surface area contributed by atoms with Crippen molar-refractivity contribution >= 4 is 0 Å². The zero-order valence-corrected chi connectivity index (χ0v) is 9.32. The van der Waals surface area contributed by atoms with Crippen LogP contribution in [0.1, 0.15) is 59.3 Å². The van der Waals surface area contributed by atoms with Crippen molar-refractivity contribution < 1.29 is 0 Å². The molecule has 1 aliphatic rings. The standard InChI is InChI=1S/C13H22/c1-4-5-6-7-8-13-11(2)9-10-12(13)3/h9H,4-8,10H2,1-3H3. The quantitative estimate of drug-likeness (QED) is 0.539. The Morgan fingerprint density at radius 1 is 1.15 bits per heavy atom. The lowest BCUT2D eigenvalue weighted by Crippen LogP contribution is -1.86. The molecule has 0 N–H and O–H groups in total. The van der Waals surface area contributed by atoms with Crippen LogP contribution >= 0.6 is 0 Å². The van der Waals surface area contributed by atoms with Crippen LogP contribution in [-0.2, 0) is 0 Å². The number of hydrogen-bond acceptors (Lipinski definition) is 0. The van der Waals surface area contributed by atoms with Crippen molar-refractivity contribution in [1.29, 1.82) is 0 Å². The normalized spacial score (nSPS) is 16.7. The van der Waals surface area contributed by atoms with E-state index in [4.69, 9.17) is 0 Å². The first kappa shape index (κ1) is 10.6. The molecule has 0 amide bonds. The van der Waals surface area contributed by atoms with Gasteiger partial charge in [-0.05, 0) is 38.7 Å². The minimum atomic E-state index is 1.20. The maximum absolute atomic E-state index is 2.37. The first-order valence-electron chi connectivity index (χ1n) is 5.61. The molecule has 0 aromatic rings. The van der Waals surface area contributed by atoms with Crippen molar-refractivity contribution in [2.45, 2.75) is 59.3 Å². The summed E-state index contributed by atoms with van der Waals surface area (Å²) in [7, 11) is 0. The van der Waals surface area contributed by atoms with Crippen LogP contribution in [0.5, 0.6) is 0 Å². The highest BCUT2D eigenvalue weighted by Gasteiger charge is 2.09. The van der Waals surface area contributed by atoms with Crippen LogP contribution in [0.4, 0.5) is 0 Å². The Morgan fingerprint density at radius 2 is 1.92 bits per heavy atom. The van der Waals surface area contributed by atoms with E-state index in [9.17, 15) is 0 Å². The van der Waals surface area contributed by atoms with E-state index in [-0.39, 0.29) is 0 Å². The van der Waals surface area contributed by atoms with E-state index >= 15 is 0 Å². The molecule has 0 spiro atoms. The maximum atomic E-state index is 2.37. The Morgan fingerprint density at radius 3 is 2.46 bits per heavy atom. The Hall–Kier alpha value is -0.520. The molecule has 1 rings (SSSR count). The minimum absolute atomic E-state index is 1.20. The van der Waals surface area contributed by atoms with Crippen LogP contribution in [0.3, 0.4) is 0 Å². The molecule has 0 aliphatic heterocycles. The minimum Gasteiger partial charge on any atom is -0.0772 e. The van der Waals surface area contributed by atoms with Crippen LogP contribution < -0.4 is 0 Å². The van der Waals surface area contributed by atoms with Gasteiger partial charge in [0.25, 0.3) is 0 Å². The van der Waals surface area contributed by atoms with E-state index in [1.807, 2.05) is 0 Å². The number of unbranched alkanes of at least 4 members (excludes halogenated alkanes) is 3. The molecule has 0 heterocycles. The molecule has 0 fully saturated rings. The van der Waals surface area contributed by atoms with Crippen molar-refractivity contribution in [2.24, 2.45) is 0 Å². The van der Waals surface area contributed by atoms with Gasteiger partial charge in [-0.25, -0.2) is 0 Å². The third kappa shape index (κ3) is 3.02. The van der Waals surface area contributed by atoms with Crippen LogP contribution in [0.2, 0.25) is 0 Å². The van der Waals surface area contributed by atoms with Gasteiger partial charge >= 0.3 is 0 Å². The second-order valence-electron chi connectivity index (χ2n) is 4.16. The molecule has 0 unspecified atom stereocenters. The smallest absolute Gasteiger partial charge is 0.0130 e. The molecule has 0 aromatic carbocycles. The summed E-state index contributed by atoms with van der Waals surface area (Å²) in [4.78, 5) is 0. The van der Waals surface area contributed by atoms with Crippen molar-refractivity contribution in [3.8, 4) is 0 Å². The summed E-state index contributed by atoms with van der Waals surface area (Å²) in [5.74, 6) is 0. The summed E-state index contributed by atoms with van der Waals surface area (Å²) in [5, 5.41) is 0. The van der Waals surface area contributed by atoms with E-state index in [1.165, 1.54) is 44.1 Å². The average molecular weight is 178 g/mol. The molecule has 0 nitrogen and oxygen atoms in total. The highest BCUT2D eigenvalue weighted by Crippen LogP contribution is 2.29. The van der Waals surface area contributed by atoms with Crippen LogP contribution in [0.25, 0.3) is 0 Å². The summed E-state index contributed by atoms with van der Waals surface area (Å²) < 4.78 is 0. The lowest BCUT2D eigenvalue weighted by atomic mass is 10.0. The Balaban J connectivity index is 2.28.